The molecule has 108 valence electrons. The van der Waals surface area contributed by atoms with Gasteiger partial charge in [0.15, 0.2) is 0 Å². The Balaban J connectivity index is 2.26. The molecule has 20 heavy (non-hydrogen) atoms. The fraction of sp³-hybridized carbons (Fsp3) is 0.429. The summed E-state index contributed by atoms with van der Waals surface area (Å²) < 4.78 is 6.08. The van der Waals surface area contributed by atoms with Crippen molar-refractivity contribution in [2.24, 2.45) is 0 Å². The van der Waals surface area contributed by atoms with Gasteiger partial charge < -0.3 is 10.1 Å². The number of methoxy groups -OCH3 is 1. The second-order valence-corrected chi connectivity index (χ2v) is 6.63. The van der Waals surface area contributed by atoms with E-state index in [1.165, 1.54) is 4.88 Å². The lowest BCUT2D eigenvalue weighted by molar-refractivity contribution is 0.197. The van der Waals surface area contributed by atoms with E-state index < -0.39 is 0 Å². The number of ether oxygens (including phenoxy) is 1. The molecule has 4 nitrogen and oxygen atoms in total. The highest BCUT2D eigenvalue weighted by atomic mass is 79.9. The molecule has 2 aromatic heterocycles. The molecule has 1 atom stereocenters. The molecule has 6 heteroatoms. The highest BCUT2D eigenvalue weighted by Crippen LogP contribution is 2.27. The molecule has 1 unspecified atom stereocenters. The van der Waals surface area contributed by atoms with Crippen LogP contribution < -0.4 is 5.32 Å². The van der Waals surface area contributed by atoms with Gasteiger partial charge in [0.25, 0.3) is 0 Å². The molecule has 0 aromatic carbocycles. The third kappa shape index (κ3) is 3.85. The van der Waals surface area contributed by atoms with Gasteiger partial charge in [0.1, 0.15) is 11.0 Å². The first kappa shape index (κ1) is 15.6. The molecule has 0 aliphatic heterocycles. The lowest BCUT2D eigenvalue weighted by Gasteiger charge is -2.16. The Labute approximate surface area is 131 Å². The van der Waals surface area contributed by atoms with E-state index in [0.717, 1.165) is 27.4 Å². The quantitative estimate of drug-likeness (QED) is 0.808. The number of aromatic nitrogens is 2. The number of rotatable bonds is 6. The molecule has 0 aliphatic carbocycles. The van der Waals surface area contributed by atoms with E-state index in [4.69, 9.17) is 4.74 Å². The van der Waals surface area contributed by atoms with Crippen LogP contribution in [-0.2, 0) is 4.74 Å². The maximum absolute atomic E-state index is 5.10. The van der Waals surface area contributed by atoms with Gasteiger partial charge in [0, 0.05) is 29.2 Å². The molecule has 0 radical (unpaired) electrons. The van der Waals surface area contributed by atoms with Crippen LogP contribution >= 0.6 is 27.3 Å². The fourth-order valence-corrected chi connectivity index (χ4v) is 3.05. The number of hydrogen-bond acceptors (Lipinski definition) is 5. The van der Waals surface area contributed by atoms with Crippen LogP contribution in [0.25, 0.3) is 0 Å². The Morgan fingerprint density at radius 2 is 2.20 bits per heavy atom. The van der Waals surface area contributed by atoms with Crippen molar-refractivity contribution >= 4 is 27.3 Å². The number of thiazole rings is 1. The molecule has 0 bridgehead atoms. The summed E-state index contributed by atoms with van der Waals surface area (Å²) in [7, 11) is 1.70. The van der Waals surface area contributed by atoms with Gasteiger partial charge >= 0.3 is 0 Å². The van der Waals surface area contributed by atoms with Gasteiger partial charge in [-0.1, -0.05) is 0 Å². The van der Waals surface area contributed by atoms with Crippen molar-refractivity contribution in [2.75, 3.05) is 20.3 Å². The summed E-state index contributed by atoms with van der Waals surface area (Å²) in [5.74, 6) is 0. The lowest BCUT2D eigenvalue weighted by Crippen LogP contribution is -2.26. The highest BCUT2D eigenvalue weighted by Gasteiger charge is 2.19. The number of nitrogens with zero attached hydrogens (tertiary/aromatic N) is 2. The van der Waals surface area contributed by atoms with Crippen LogP contribution in [0, 0.1) is 13.8 Å². The molecule has 0 spiro atoms. The minimum Gasteiger partial charge on any atom is -0.383 e. The Kier molecular flexibility index (Phi) is 5.65. The summed E-state index contributed by atoms with van der Waals surface area (Å²) in [5, 5.41) is 4.51. The first-order valence-electron chi connectivity index (χ1n) is 6.39. The summed E-state index contributed by atoms with van der Waals surface area (Å²) in [6.07, 6.45) is 1.81. The van der Waals surface area contributed by atoms with Gasteiger partial charge in [-0.15, -0.1) is 11.3 Å². The Morgan fingerprint density at radius 1 is 1.40 bits per heavy atom. The van der Waals surface area contributed by atoms with Gasteiger partial charge in [-0.3, -0.25) is 4.98 Å². The zero-order valence-corrected chi connectivity index (χ0v) is 14.2. The largest absolute Gasteiger partial charge is 0.383 e. The van der Waals surface area contributed by atoms with Gasteiger partial charge in [-0.2, -0.15) is 0 Å². The van der Waals surface area contributed by atoms with Gasteiger partial charge in [0.05, 0.1) is 18.0 Å². The third-order valence-corrected chi connectivity index (χ3v) is 4.60. The zero-order chi connectivity index (χ0) is 14.5. The average Bonchev–Trinajstić information content (AvgIpc) is 2.76. The molecule has 0 saturated carbocycles. The molecule has 0 saturated heterocycles. The summed E-state index contributed by atoms with van der Waals surface area (Å²) in [6.45, 7) is 5.56. The van der Waals surface area contributed by atoms with E-state index in [1.54, 1.807) is 18.4 Å². The van der Waals surface area contributed by atoms with Gasteiger partial charge in [0.2, 0.25) is 0 Å². The second-order valence-electron chi connectivity index (χ2n) is 4.47. The van der Waals surface area contributed by atoms with Crippen LogP contribution in [-0.4, -0.2) is 30.2 Å². The van der Waals surface area contributed by atoms with Crippen LogP contribution in [0.3, 0.4) is 0 Å². The Hall–Kier alpha value is -0.820. The van der Waals surface area contributed by atoms with Crippen molar-refractivity contribution in [1.82, 2.24) is 15.3 Å². The van der Waals surface area contributed by atoms with Crippen molar-refractivity contribution in [1.29, 1.82) is 0 Å². The van der Waals surface area contributed by atoms with E-state index in [2.05, 4.69) is 38.1 Å². The van der Waals surface area contributed by atoms with E-state index in [9.17, 15) is 0 Å². The monoisotopic (exact) mass is 355 g/mol. The van der Waals surface area contributed by atoms with E-state index in [-0.39, 0.29) is 6.04 Å². The summed E-state index contributed by atoms with van der Waals surface area (Å²) in [6, 6.07) is 4.03. The SMILES string of the molecule is COCCNC(c1ccc(Br)cn1)c1nc(C)c(C)s1. The molecule has 2 heterocycles. The molecule has 2 aromatic rings. The summed E-state index contributed by atoms with van der Waals surface area (Å²) in [5.41, 5.74) is 2.05. The lowest BCUT2D eigenvalue weighted by atomic mass is 10.2. The molecule has 1 N–H and O–H groups in total. The molecule has 0 amide bonds. The predicted octanol–water partition coefficient (Wildman–Crippen LogP) is 3.24. The zero-order valence-electron chi connectivity index (χ0n) is 11.8. The average molecular weight is 356 g/mol. The summed E-state index contributed by atoms with van der Waals surface area (Å²) in [4.78, 5) is 10.4. The van der Waals surface area contributed by atoms with E-state index >= 15 is 0 Å². The smallest absolute Gasteiger partial charge is 0.116 e. The Morgan fingerprint density at radius 3 is 2.75 bits per heavy atom. The Bertz CT molecular complexity index is 537. The predicted molar refractivity (Wildman–Crippen MR) is 85.2 cm³/mol. The van der Waals surface area contributed by atoms with Crippen molar-refractivity contribution in [3.63, 3.8) is 0 Å². The number of pyridine rings is 1. The van der Waals surface area contributed by atoms with Crippen LogP contribution in [0.2, 0.25) is 0 Å². The first-order chi connectivity index (χ1) is 9.61. The van der Waals surface area contributed by atoms with Gasteiger partial charge in [-0.05, 0) is 41.9 Å². The minimum atomic E-state index is 0.00986. The number of nitrogens with one attached hydrogen (secondary N) is 1. The van der Waals surface area contributed by atoms with Crippen LogP contribution in [0.5, 0.6) is 0 Å². The van der Waals surface area contributed by atoms with Crippen LogP contribution in [0.4, 0.5) is 0 Å². The van der Waals surface area contributed by atoms with Crippen LogP contribution in [0.15, 0.2) is 22.8 Å². The van der Waals surface area contributed by atoms with Gasteiger partial charge in [-0.25, -0.2) is 4.98 Å². The normalized spacial score (nSPS) is 12.6. The van der Waals surface area contributed by atoms with Crippen molar-refractivity contribution in [3.8, 4) is 0 Å². The molecule has 2 rings (SSSR count). The van der Waals surface area contributed by atoms with E-state index in [0.29, 0.717) is 6.61 Å². The number of halogens is 1. The van der Waals surface area contributed by atoms with Crippen molar-refractivity contribution in [3.05, 3.63) is 44.1 Å². The fourth-order valence-electron chi connectivity index (χ4n) is 1.80. The maximum Gasteiger partial charge on any atom is 0.116 e. The minimum absolute atomic E-state index is 0.00986. The molecular formula is C14H18BrN3OS. The number of aryl methyl sites for hydroxylation is 2. The first-order valence-corrected chi connectivity index (χ1v) is 8.00. The van der Waals surface area contributed by atoms with Crippen molar-refractivity contribution in [2.45, 2.75) is 19.9 Å². The maximum atomic E-state index is 5.10. The molecule has 0 fully saturated rings. The second kappa shape index (κ2) is 7.26. The van der Waals surface area contributed by atoms with Crippen LogP contribution in [0.1, 0.15) is 27.3 Å². The van der Waals surface area contributed by atoms with Crippen molar-refractivity contribution < 1.29 is 4.74 Å². The highest BCUT2D eigenvalue weighted by molar-refractivity contribution is 9.10. The molecular weight excluding hydrogens is 338 g/mol. The molecule has 0 aliphatic rings. The summed E-state index contributed by atoms with van der Waals surface area (Å²) >= 11 is 5.13. The van der Waals surface area contributed by atoms with E-state index in [1.807, 2.05) is 25.3 Å². The standard InChI is InChI=1S/C14H18BrN3OS/c1-9-10(2)20-14(18-9)13(16-6-7-19-3)12-5-4-11(15)8-17-12/h4-5,8,13,16H,6-7H2,1-3H3. The third-order valence-electron chi connectivity index (χ3n) is 2.99. The number of hydrogen-bond donors (Lipinski definition) is 1. The topological polar surface area (TPSA) is 47.0 Å².